The van der Waals surface area contributed by atoms with Gasteiger partial charge in [-0.2, -0.15) is 0 Å². The first-order valence-corrected chi connectivity index (χ1v) is 7.75. The highest BCUT2D eigenvalue weighted by molar-refractivity contribution is 7.89. The standard InChI is InChI=1S/C12H16FN5O2S/c1-3-18-7-15-17-12(18)6-16-21(19,20)9-4-10(13)8(2)11(14)5-9/h4-5,7,16H,3,6,14H2,1-2H3. The van der Waals surface area contributed by atoms with E-state index in [4.69, 9.17) is 5.73 Å². The van der Waals surface area contributed by atoms with Gasteiger partial charge in [0.15, 0.2) is 0 Å². The van der Waals surface area contributed by atoms with Gasteiger partial charge in [-0.15, -0.1) is 10.2 Å². The van der Waals surface area contributed by atoms with Crippen molar-refractivity contribution in [3.63, 3.8) is 0 Å². The smallest absolute Gasteiger partial charge is 0.241 e. The minimum Gasteiger partial charge on any atom is -0.398 e. The van der Waals surface area contributed by atoms with E-state index in [0.717, 1.165) is 6.07 Å². The second kappa shape index (κ2) is 5.78. The van der Waals surface area contributed by atoms with Gasteiger partial charge in [0, 0.05) is 17.8 Å². The van der Waals surface area contributed by atoms with Crippen LogP contribution in [0.4, 0.5) is 10.1 Å². The molecule has 0 unspecified atom stereocenters. The van der Waals surface area contributed by atoms with Gasteiger partial charge < -0.3 is 10.3 Å². The van der Waals surface area contributed by atoms with Crippen LogP contribution in [-0.4, -0.2) is 23.2 Å². The zero-order valence-electron chi connectivity index (χ0n) is 11.7. The number of hydrogen-bond acceptors (Lipinski definition) is 5. The van der Waals surface area contributed by atoms with Gasteiger partial charge in [-0.25, -0.2) is 17.5 Å². The van der Waals surface area contributed by atoms with Gasteiger partial charge in [0.1, 0.15) is 18.0 Å². The van der Waals surface area contributed by atoms with E-state index in [0.29, 0.717) is 12.4 Å². The maximum Gasteiger partial charge on any atom is 0.241 e. The van der Waals surface area contributed by atoms with Crippen molar-refractivity contribution in [3.8, 4) is 0 Å². The molecule has 2 rings (SSSR count). The maximum absolute atomic E-state index is 13.6. The molecule has 0 aliphatic carbocycles. The second-order valence-electron chi connectivity index (χ2n) is 4.48. The number of halogens is 1. The molecule has 9 heteroatoms. The lowest BCUT2D eigenvalue weighted by atomic mass is 10.2. The second-order valence-corrected chi connectivity index (χ2v) is 6.24. The molecule has 0 amide bonds. The summed E-state index contributed by atoms with van der Waals surface area (Å²) in [4.78, 5) is -0.217. The highest BCUT2D eigenvalue weighted by atomic mass is 32.2. The fraction of sp³-hybridized carbons (Fsp3) is 0.333. The van der Waals surface area contributed by atoms with Crippen LogP contribution < -0.4 is 10.5 Å². The van der Waals surface area contributed by atoms with Crippen molar-refractivity contribution < 1.29 is 12.8 Å². The Labute approximate surface area is 122 Å². The van der Waals surface area contributed by atoms with Gasteiger partial charge >= 0.3 is 0 Å². The summed E-state index contributed by atoms with van der Waals surface area (Å²) in [5.41, 5.74) is 5.91. The summed E-state index contributed by atoms with van der Waals surface area (Å²) in [7, 11) is -3.87. The molecule has 0 bridgehead atoms. The lowest BCUT2D eigenvalue weighted by molar-refractivity contribution is 0.571. The number of sulfonamides is 1. The van der Waals surface area contributed by atoms with Crippen LogP contribution in [0, 0.1) is 12.7 Å². The summed E-state index contributed by atoms with van der Waals surface area (Å²) in [6.45, 7) is 3.96. The summed E-state index contributed by atoms with van der Waals surface area (Å²) in [6, 6.07) is 2.17. The Bertz CT molecular complexity index is 734. The molecule has 0 aliphatic rings. The fourth-order valence-electron chi connectivity index (χ4n) is 1.75. The van der Waals surface area contributed by atoms with E-state index in [1.54, 1.807) is 4.57 Å². The average molecular weight is 313 g/mol. The molecular formula is C12H16FN5O2S. The van der Waals surface area contributed by atoms with Gasteiger partial charge in [0.05, 0.1) is 11.4 Å². The Morgan fingerprint density at radius 3 is 2.76 bits per heavy atom. The van der Waals surface area contributed by atoms with Crippen molar-refractivity contribution in [2.75, 3.05) is 5.73 Å². The quantitative estimate of drug-likeness (QED) is 0.795. The number of anilines is 1. The molecule has 1 heterocycles. The first-order valence-electron chi connectivity index (χ1n) is 6.27. The molecule has 0 saturated heterocycles. The number of hydrogen-bond donors (Lipinski definition) is 2. The van der Waals surface area contributed by atoms with Crippen LogP contribution in [0.1, 0.15) is 18.3 Å². The van der Waals surface area contributed by atoms with E-state index >= 15 is 0 Å². The van der Waals surface area contributed by atoms with Crippen LogP contribution in [0.15, 0.2) is 23.4 Å². The molecule has 7 nitrogen and oxygen atoms in total. The third-order valence-electron chi connectivity index (χ3n) is 3.13. The van der Waals surface area contributed by atoms with Crippen molar-refractivity contribution >= 4 is 15.7 Å². The molecule has 0 radical (unpaired) electrons. The Balaban J connectivity index is 2.23. The summed E-state index contributed by atoms with van der Waals surface area (Å²) < 4.78 is 42.0. The van der Waals surface area contributed by atoms with Crippen LogP contribution in [0.3, 0.4) is 0 Å². The number of nitrogens with two attached hydrogens (primary N) is 1. The van der Waals surface area contributed by atoms with Gasteiger partial charge in [0.25, 0.3) is 0 Å². The van der Waals surface area contributed by atoms with Crippen LogP contribution in [0.25, 0.3) is 0 Å². The van der Waals surface area contributed by atoms with Crippen molar-refractivity contribution in [1.29, 1.82) is 0 Å². The number of benzene rings is 1. The summed E-state index contributed by atoms with van der Waals surface area (Å²) in [5, 5.41) is 7.52. The van der Waals surface area contributed by atoms with Crippen molar-refractivity contribution in [2.45, 2.75) is 31.8 Å². The highest BCUT2D eigenvalue weighted by Gasteiger charge is 2.18. The molecule has 2 aromatic rings. The SMILES string of the molecule is CCn1cnnc1CNS(=O)(=O)c1cc(N)c(C)c(F)c1. The van der Waals surface area contributed by atoms with Crippen LogP contribution in [0.2, 0.25) is 0 Å². The Morgan fingerprint density at radius 2 is 2.14 bits per heavy atom. The molecule has 0 aliphatic heterocycles. The maximum atomic E-state index is 13.6. The summed E-state index contributed by atoms with van der Waals surface area (Å²) in [6.07, 6.45) is 1.51. The van der Waals surface area contributed by atoms with E-state index in [2.05, 4.69) is 14.9 Å². The van der Waals surface area contributed by atoms with E-state index in [9.17, 15) is 12.8 Å². The minimum absolute atomic E-state index is 0.0361. The summed E-state index contributed by atoms with van der Waals surface area (Å²) in [5.74, 6) is -0.186. The molecule has 0 saturated carbocycles. The molecule has 0 spiro atoms. The average Bonchev–Trinajstić information content (AvgIpc) is 2.89. The van der Waals surface area contributed by atoms with Gasteiger partial charge in [-0.05, 0) is 26.0 Å². The zero-order chi connectivity index (χ0) is 15.6. The topological polar surface area (TPSA) is 103 Å². The minimum atomic E-state index is -3.87. The largest absolute Gasteiger partial charge is 0.398 e. The van der Waals surface area contributed by atoms with E-state index in [1.165, 1.54) is 19.3 Å². The lowest BCUT2D eigenvalue weighted by Gasteiger charge is -2.09. The number of aromatic nitrogens is 3. The fourth-order valence-corrected chi connectivity index (χ4v) is 2.78. The molecule has 3 N–H and O–H groups in total. The number of nitrogens with one attached hydrogen (secondary N) is 1. The van der Waals surface area contributed by atoms with E-state index < -0.39 is 15.8 Å². The van der Waals surface area contributed by atoms with Gasteiger partial charge in [-0.1, -0.05) is 0 Å². The molecule has 1 aromatic carbocycles. The molecule has 1 aromatic heterocycles. The van der Waals surface area contributed by atoms with Gasteiger partial charge in [0.2, 0.25) is 10.0 Å². The number of nitrogens with zero attached hydrogens (tertiary/aromatic N) is 3. The number of nitrogen functional groups attached to an aromatic ring is 1. The zero-order valence-corrected chi connectivity index (χ0v) is 12.5. The van der Waals surface area contributed by atoms with E-state index in [1.807, 2.05) is 6.92 Å². The van der Waals surface area contributed by atoms with Crippen molar-refractivity contribution in [3.05, 3.63) is 35.7 Å². The van der Waals surface area contributed by atoms with E-state index in [-0.39, 0.29) is 22.7 Å². The molecule has 114 valence electrons. The first-order chi connectivity index (χ1) is 9.85. The molecule has 0 atom stereocenters. The molecule has 21 heavy (non-hydrogen) atoms. The van der Waals surface area contributed by atoms with Gasteiger partial charge in [-0.3, -0.25) is 0 Å². The first kappa shape index (κ1) is 15.4. The third kappa shape index (κ3) is 3.19. The van der Waals surface area contributed by atoms with Crippen LogP contribution >= 0.6 is 0 Å². The normalized spacial score (nSPS) is 11.8. The van der Waals surface area contributed by atoms with Crippen LogP contribution in [-0.2, 0) is 23.1 Å². The number of aryl methyl sites for hydroxylation is 1. The Kier molecular flexibility index (Phi) is 4.24. The highest BCUT2D eigenvalue weighted by Crippen LogP contribution is 2.20. The van der Waals surface area contributed by atoms with Crippen molar-refractivity contribution in [2.24, 2.45) is 0 Å². The number of rotatable bonds is 5. The predicted octanol–water partition coefficient (Wildman–Crippen LogP) is 0.806. The monoisotopic (exact) mass is 313 g/mol. The molecular weight excluding hydrogens is 297 g/mol. The third-order valence-corrected chi connectivity index (χ3v) is 4.51. The van der Waals surface area contributed by atoms with Crippen molar-refractivity contribution in [1.82, 2.24) is 19.5 Å². The Hall–Kier alpha value is -2.00. The predicted molar refractivity (Wildman–Crippen MR) is 75.3 cm³/mol. The summed E-state index contributed by atoms with van der Waals surface area (Å²) >= 11 is 0. The van der Waals surface area contributed by atoms with Crippen LogP contribution in [0.5, 0.6) is 0 Å². The molecule has 0 fully saturated rings. The lowest BCUT2D eigenvalue weighted by Crippen LogP contribution is -2.25. The Morgan fingerprint density at radius 1 is 1.43 bits per heavy atom.